The van der Waals surface area contributed by atoms with Crippen LogP contribution in [0.4, 0.5) is 0 Å². The van der Waals surface area contributed by atoms with Gasteiger partial charge in [-0.1, -0.05) is 70.5 Å². The molecular formula is C23H36. The Morgan fingerprint density at radius 2 is 1.61 bits per heavy atom. The van der Waals surface area contributed by atoms with E-state index in [1.807, 2.05) is 0 Å². The van der Waals surface area contributed by atoms with Crippen LogP contribution in [0.5, 0.6) is 0 Å². The highest BCUT2D eigenvalue weighted by molar-refractivity contribution is 5.65. The second kappa shape index (κ2) is 9.75. The molecule has 128 valence electrons. The SMILES string of the molecule is C=C(CCCC)C(C)CCCC(C)C(=C)c1ccc(C)c(C)c1. The lowest BCUT2D eigenvalue weighted by Crippen LogP contribution is -2.03. The van der Waals surface area contributed by atoms with Gasteiger partial charge in [-0.15, -0.1) is 0 Å². The Bertz CT molecular complexity index is 521. The van der Waals surface area contributed by atoms with Crippen molar-refractivity contribution in [1.29, 1.82) is 0 Å². The first-order valence-electron chi connectivity index (χ1n) is 9.30. The minimum absolute atomic E-state index is 0.549. The molecule has 0 heterocycles. The van der Waals surface area contributed by atoms with Gasteiger partial charge in [-0.05, 0) is 73.6 Å². The molecule has 0 aromatic heterocycles. The van der Waals surface area contributed by atoms with Crippen molar-refractivity contribution >= 4 is 5.57 Å². The lowest BCUT2D eigenvalue weighted by Gasteiger charge is -2.18. The Balaban J connectivity index is 2.43. The maximum absolute atomic E-state index is 4.35. The Kier molecular flexibility index (Phi) is 8.37. The van der Waals surface area contributed by atoms with Gasteiger partial charge in [0.1, 0.15) is 0 Å². The lowest BCUT2D eigenvalue weighted by atomic mass is 9.87. The van der Waals surface area contributed by atoms with Gasteiger partial charge in [0.15, 0.2) is 0 Å². The monoisotopic (exact) mass is 312 g/mol. The van der Waals surface area contributed by atoms with E-state index in [0.717, 1.165) is 0 Å². The zero-order valence-corrected chi connectivity index (χ0v) is 16.0. The Morgan fingerprint density at radius 1 is 0.957 bits per heavy atom. The fourth-order valence-corrected chi connectivity index (χ4v) is 2.98. The first kappa shape index (κ1) is 19.7. The molecule has 0 saturated heterocycles. The number of rotatable bonds is 10. The maximum atomic E-state index is 4.35. The van der Waals surface area contributed by atoms with Crippen LogP contribution in [0.2, 0.25) is 0 Å². The normalized spacial score (nSPS) is 13.6. The Labute approximate surface area is 144 Å². The molecule has 2 unspecified atom stereocenters. The maximum Gasteiger partial charge on any atom is -0.0190 e. The molecule has 1 aromatic carbocycles. The number of unbranched alkanes of at least 4 members (excludes halogenated alkanes) is 1. The largest absolute Gasteiger partial charge is 0.0996 e. The van der Waals surface area contributed by atoms with Gasteiger partial charge in [0, 0.05) is 0 Å². The van der Waals surface area contributed by atoms with Crippen LogP contribution in [-0.4, -0.2) is 0 Å². The number of benzene rings is 1. The third-order valence-electron chi connectivity index (χ3n) is 5.30. The molecule has 0 aliphatic rings. The highest BCUT2D eigenvalue weighted by Crippen LogP contribution is 2.29. The lowest BCUT2D eigenvalue weighted by molar-refractivity contribution is 0.509. The van der Waals surface area contributed by atoms with E-state index in [-0.39, 0.29) is 0 Å². The van der Waals surface area contributed by atoms with Crippen LogP contribution in [0.3, 0.4) is 0 Å². The minimum Gasteiger partial charge on any atom is -0.0996 e. The van der Waals surface area contributed by atoms with Crippen molar-refractivity contribution in [2.24, 2.45) is 11.8 Å². The predicted octanol–water partition coefficient (Wildman–Crippen LogP) is 7.51. The average molecular weight is 313 g/mol. The van der Waals surface area contributed by atoms with Crippen LogP contribution >= 0.6 is 0 Å². The molecule has 1 aromatic rings. The second-order valence-electron chi connectivity index (χ2n) is 7.32. The Morgan fingerprint density at radius 3 is 2.22 bits per heavy atom. The predicted molar refractivity (Wildman–Crippen MR) is 106 cm³/mol. The van der Waals surface area contributed by atoms with Gasteiger partial charge in [-0.3, -0.25) is 0 Å². The summed E-state index contributed by atoms with van der Waals surface area (Å²) in [7, 11) is 0. The third kappa shape index (κ3) is 6.37. The smallest absolute Gasteiger partial charge is 0.0190 e. The van der Waals surface area contributed by atoms with Crippen molar-refractivity contribution in [3.63, 3.8) is 0 Å². The summed E-state index contributed by atoms with van der Waals surface area (Å²) < 4.78 is 0. The quantitative estimate of drug-likeness (QED) is 0.392. The number of allylic oxidation sites excluding steroid dienone is 2. The molecule has 0 bridgehead atoms. The van der Waals surface area contributed by atoms with Crippen molar-refractivity contribution in [2.45, 2.75) is 73.1 Å². The minimum atomic E-state index is 0.549. The van der Waals surface area contributed by atoms with Gasteiger partial charge < -0.3 is 0 Å². The summed E-state index contributed by atoms with van der Waals surface area (Å²) in [6.07, 6.45) is 7.48. The first-order chi connectivity index (χ1) is 10.9. The molecule has 2 atom stereocenters. The molecule has 0 aliphatic heterocycles. The molecule has 0 fully saturated rings. The summed E-state index contributed by atoms with van der Waals surface area (Å²) >= 11 is 0. The van der Waals surface area contributed by atoms with Gasteiger partial charge in [0.2, 0.25) is 0 Å². The summed E-state index contributed by atoms with van der Waals surface area (Å²) in [6, 6.07) is 6.71. The number of hydrogen-bond acceptors (Lipinski definition) is 0. The molecule has 0 saturated carbocycles. The summed E-state index contributed by atoms with van der Waals surface area (Å²) in [5.41, 5.74) is 6.74. The Hall–Kier alpha value is -1.30. The van der Waals surface area contributed by atoms with Crippen LogP contribution in [0, 0.1) is 25.7 Å². The van der Waals surface area contributed by atoms with E-state index < -0.39 is 0 Å². The molecule has 23 heavy (non-hydrogen) atoms. The molecule has 1 rings (SSSR count). The van der Waals surface area contributed by atoms with Gasteiger partial charge in [0.05, 0.1) is 0 Å². The van der Waals surface area contributed by atoms with Gasteiger partial charge >= 0.3 is 0 Å². The summed E-state index contributed by atoms with van der Waals surface area (Å²) in [5, 5.41) is 0. The van der Waals surface area contributed by atoms with Crippen molar-refractivity contribution in [2.75, 3.05) is 0 Å². The van der Waals surface area contributed by atoms with Crippen LogP contribution in [0.15, 0.2) is 36.9 Å². The van der Waals surface area contributed by atoms with Crippen molar-refractivity contribution < 1.29 is 0 Å². The zero-order valence-electron chi connectivity index (χ0n) is 16.0. The van der Waals surface area contributed by atoms with Crippen LogP contribution in [-0.2, 0) is 0 Å². The molecule has 0 heteroatoms. The summed E-state index contributed by atoms with van der Waals surface area (Å²) in [4.78, 5) is 0. The fraction of sp³-hybridized carbons (Fsp3) is 0.565. The van der Waals surface area contributed by atoms with Gasteiger partial charge in [-0.25, -0.2) is 0 Å². The van der Waals surface area contributed by atoms with Crippen LogP contribution in [0.1, 0.15) is 76.0 Å². The standard InChI is InChI=1S/C23H36/c1-8-9-11-17(2)18(3)12-10-13-20(5)22(7)23-15-14-19(4)21(6)16-23/h14-16,18,20H,2,7-13H2,1,3-6H3. The van der Waals surface area contributed by atoms with Crippen LogP contribution < -0.4 is 0 Å². The van der Waals surface area contributed by atoms with Crippen molar-refractivity contribution in [3.8, 4) is 0 Å². The van der Waals surface area contributed by atoms with E-state index in [0.29, 0.717) is 11.8 Å². The zero-order chi connectivity index (χ0) is 17.4. The number of hydrogen-bond donors (Lipinski definition) is 0. The molecule has 0 aliphatic carbocycles. The highest BCUT2D eigenvalue weighted by atomic mass is 14.2. The molecule has 0 radical (unpaired) electrons. The van der Waals surface area contributed by atoms with E-state index in [1.165, 1.54) is 66.4 Å². The topological polar surface area (TPSA) is 0 Å². The van der Waals surface area contributed by atoms with Crippen molar-refractivity contribution in [3.05, 3.63) is 53.6 Å². The van der Waals surface area contributed by atoms with Crippen molar-refractivity contribution in [1.82, 2.24) is 0 Å². The highest BCUT2D eigenvalue weighted by Gasteiger charge is 2.12. The van der Waals surface area contributed by atoms with Crippen LogP contribution in [0.25, 0.3) is 5.57 Å². The summed E-state index contributed by atoms with van der Waals surface area (Å²) in [6.45, 7) is 19.9. The number of aryl methyl sites for hydroxylation is 2. The third-order valence-corrected chi connectivity index (χ3v) is 5.30. The molecule has 0 spiro atoms. The first-order valence-corrected chi connectivity index (χ1v) is 9.30. The average Bonchev–Trinajstić information content (AvgIpc) is 2.54. The van der Waals surface area contributed by atoms with E-state index in [1.54, 1.807) is 0 Å². The van der Waals surface area contributed by atoms with Gasteiger partial charge in [0.25, 0.3) is 0 Å². The van der Waals surface area contributed by atoms with E-state index in [4.69, 9.17) is 0 Å². The fourth-order valence-electron chi connectivity index (χ4n) is 2.98. The molecule has 0 amide bonds. The molecule has 0 nitrogen and oxygen atoms in total. The molecular weight excluding hydrogens is 276 g/mol. The summed E-state index contributed by atoms with van der Waals surface area (Å²) in [5.74, 6) is 1.21. The molecule has 0 N–H and O–H groups in total. The van der Waals surface area contributed by atoms with Gasteiger partial charge in [-0.2, -0.15) is 0 Å². The second-order valence-corrected chi connectivity index (χ2v) is 7.32. The van der Waals surface area contributed by atoms with E-state index in [2.05, 4.69) is 66.0 Å². The van der Waals surface area contributed by atoms with E-state index in [9.17, 15) is 0 Å². The van der Waals surface area contributed by atoms with E-state index >= 15 is 0 Å².